The Bertz CT molecular complexity index is 332. The lowest BCUT2D eigenvalue weighted by atomic mass is 9.82. The molecule has 0 aromatic heterocycles. The molecule has 2 aliphatic heterocycles. The smallest absolute Gasteiger partial charge is 0.220 e. The summed E-state index contributed by atoms with van der Waals surface area (Å²) in [5, 5.41) is 7.02. The van der Waals surface area contributed by atoms with Crippen LogP contribution >= 0.6 is 0 Å². The molecule has 2 bridgehead atoms. The van der Waals surface area contributed by atoms with E-state index in [1.807, 2.05) is 0 Å². The van der Waals surface area contributed by atoms with Gasteiger partial charge in [0.25, 0.3) is 0 Å². The fraction of sp³-hybridized carbons (Fsp3) is 0.941. The van der Waals surface area contributed by atoms with Crippen LogP contribution in [0.25, 0.3) is 0 Å². The van der Waals surface area contributed by atoms with Gasteiger partial charge >= 0.3 is 0 Å². The van der Waals surface area contributed by atoms with Gasteiger partial charge in [-0.25, -0.2) is 0 Å². The molecule has 2 N–H and O–H groups in total. The van der Waals surface area contributed by atoms with Gasteiger partial charge in [-0.1, -0.05) is 26.2 Å². The van der Waals surface area contributed by atoms with Crippen LogP contribution in [-0.4, -0.2) is 24.0 Å². The van der Waals surface area contributed by atoms with Crippen LogP contribution in [0, 0.1) is 11.8 Å². The van der Waals surface area contributed by atoms with Crippen molar-refractivity contribution in [3.8, 4) is 0 Å². The van der Waals surface area contributed by atoms with Crippen LogP contribution in [0.3, 0.4) is 0 Å². The minimum atomic E-state index is 0.321. The molecule has 0 aromatic rings. The highest BCUT2D eigenvalue weighted by molar-refractivity contribution is 5.76. The molecule has 1 saturated carbocycles. The molecule has 0 aromatic carbocycles. The molecule has 2 saturated heterocycles. The van der Waals surface area contributed by atoms with Gasteiger partial charge in [0, 0.05) is 24.5 Å². The van der Waals surface area contributed by atoms with Crippen LogP contribution in [0.15, 0.2) is 0 Å². The third-order valence-corrected chi connectivity index (χ3v) is 5.82. The molecular formula is C17H30N2O. The van der Waals surface area contributed by atoms with E-state index >= 15 is 0 Å². The maximum atomic E-state index is 12.3. The lowest BCUT2D eigenvalue weighted by Gasteiger charge is -2.33. The number of nitrogens with one attached hydrogen (secondary N) is 2. The van der Waals surface area contributed by atoms with Gasteiger partial charge in [0.1, 0.15) is 0 Å². The number of amides is 1. The van der Waals surface area contributed by atoms with E-state index in [-0.39, 0.29) is 0 Å². The molecule has 3 rings (SSSR count). The van der Waals surface area contributed by atoms with Crippen molar-refractivity contribution in [1.82, 2.24) is 10.6 Å². The first kappa shape index (κ1) is 14.4. The maximum Gasteiger partial charge on any atom is 0.220 e. The predicted molar refractivity (Wildman–Crippen MR) is 81.5 cm³/mol. The summed E-state index contributed by atoms with van der Waals surface area (Å²) in [6.45, 7) is 2.26. The zero-order valence-corrected chi connectivity index (χ0v) is 12.9. The Hall–Kier alpha value is -0.570. The van der Waals surface area contributed by atoms with Crippen molar-refractivity contribution in [3.63, 3.8) is 0 Å². The van der Waals surface area contributed by atoms with E-state index < -0.39 is 0 Å². The predicted octanol–water partition coefficient (Wildman–Crippen LogP) is 2.99. The monoisotopic (exact) mass is 278 g/mol. The van der Waals surface area contributed by atoms with E-state index in [0.29, 0.717) is 30.0 Å². The number of fused-ring (bicyclic) bond motifs is 2. The Kier molecular flexibility index (Phi) is 4.65. The zero-order chi connectivity index (χ0) is 13.9. The number of carbonyl (C=O) groups is 1. The first-order valence-electron chi connectivity index (χ1n) is 8.80. The minimum Gasteiger partial charge on any atom is -0.353 e. The van der Waals surface area contributed by atoms with E-state index in [1.165, 1.54) is 57.8 Å². The van der Waals surface area contributed by atoms with Crippen molar-refractivity contribution in [2.24, 2.45) is 11.8 Å². The van der Waals surface area contributed by atoms with Gasteiger partial charge in [-0.2, -0.15) is 0 Å². The van der Waals surface area contributed by atoms with Gasteiger partial charge in [-0.15, -0.1) is 0 Å². The lowest BCUT2D eigenvalue weighted by molar-refractivity contribution is -0.123. The van der Waals surface area contributed by atoms with Gasteiger partial charge in [0.2, 0.25) is 5.91 Å². The number of hydrogen-bond acceptors (Lipinski definition) is 2. The summed E-state index contributed by atoms with van der Waals surface area (Å²) in [4.78, 5) is 12.3. The summed E-state index contributed by atoms with van der Waals surface area (Å²) in [7, 11) is 0. The second kappa shape index (κ2) is 6.46. The Balaban J connectivity index is 1.47. The van der Waals surface area contributed by atoms with Crippen molar-refractivity contribution in [1.29, 1.82) is 0 Å². The topological polar surface area (TPSA) is 41.1 Å². The first-order valence-corrected chi connectivity index (χ1v) is 8.80. The summed E-state index contributed by atoms with van der Waals surface area (Å²) in [6.07, 6.45) is 12.2. The molecule has 3 heteroatoms. The van der Waals surface area contributed by atoms with E-state index in [4.69, 9.17) is 0 Å². The molecule has 4 unspecified atom stereocenters. The third kappa shape index (κ3) is 3.36. The van der Waals surface area contributed by atoms with E-state index in [1.54, 1.807) is 0 Å². The van der Waals surface area contributed by atoms with Gasteiger partial charge in [-0.05, 0) is 50.4 Å². The van der Waals surface area contributed by atoms with Crippen LogP contribution in [0.2, 0.25) is 0 Å². The Morgan fingerprint density at radius 3 is 2.50 bits per heavy atom. The molecule has 3 nitrogen and oxygen atoms in total. The number of rotatable bonds is 4. The summed E-state index contributed by atoms with van der Waals surface area (Å²) in [5.41, 5.74) is 0. The normalized spacial score (nSPS) is 40.5. The van der Waals surface area contributed by atoms with Crippen molar-refractivity contribution < 1.29 is 4.79 Å². The van der Waals surface area contributed by atoms with Crippen LogP contribution in [-0.2, 0) is 4.79 Å². The summed E-state index contributed by atoms with van der Waals surface area (Å²) in [5.74, 6) is 1.66. The van der Waals surface area contributed by atoms with Gasteiger partial charge in [-0.3, -0.25) is 4.79 Å². The molecule has 4 atom stereocenters. The molecule has 2 heterocycles. The van der Waals surface area contributed by atoms with Gasteiger partial charge in [0.15, 0.2) is 0 Å². The van der Waals surface area contributed by atoms with E-state index in [0.717, 1.165) is 12.3 Å². The van der Waals surface area contributed by atoms with Crippen LogP contribution < -0.4 is 10.6 Å². The quantitative estimate of drug-likeness (QED) is 0.830. The number of hydrogen-bond donors (Lipinski definition) is 2. The second-order valence-electron chi connectivity index (χ2n) is 7.31. The van der Waals surface area contributed by atoms with Crippen molar-refractivity contribution in [2.75, 3.05) is 0 Å². The van der Waals surface area contributed by atoms with Gasteiger partial charge in [0.05, 0.1) is 0 Å². The minimum absolute atomic E-state index is 0.321. The zero-order valence-electron chi connectivity index (χ0n) is 12.9. The highest BCUT2D eigenvalue weighted by Crippen LogP contribution is 2.33. The Labute approximate surface area is 123 Å². The molecule has 3 aliphatic rings. The Morgan fingerprint density at radius 1 is 1.10 bits per heavy atom. The maximum absolute atomic E-state index is 12.3. The molecule has 1 amide bonds. The number of piperidine rings is 1. The average Bonchev–Trinajstić information content (AvgIpc) is 2.78. The highest BCUT2D eigenvalue weighted by atomic mass is 16.1. The van der Waals surface area contributed by atoms with Crippen LogP contribution in [0.5, 0.6) is 0 Å². The van der Waals surface area contributed by atoms with E-state index in [2.05, 4.69) is 17.6 Å². The standard InChI is InChI=1S/C17H30N2O/c1-2-13-5-3-4-6-16(13)19-17(20)11-12-9-14-7-8-15(10-12)18-14/h12-16,18H,2-11H2,1H3,(H,19,20). The lowest BCUT2D eigenvalue weighted by Crippen LogP contribution is -2.44. The van der Waals surface area contributed by atoms with Crippen molar-refractivity contribution in [3.05, 3.63) is 0 Å². The fourth-order valence-electron chi connectivity index (χ4n) is 4.76. The molecule has 20 heavy (non-hydrogen) atoms. The molecule has 0 radical (unpaired) electrons. The summed E-state index contributed by atoms with van der Waals surface area (Å²) >= 11 is 0. The highest BCUT2D eigenvalue weighted by Gasteiger charge is 2.34. The molecule has 0 spiro atoms. The number of carbonyl (C=O) groups excluding carboxylic acids is 1. The molecule has 3 fully saturated rings. The average molecular weight is 278 g/mol. The third-order valence-electron chi connectivity index (χ3n) is 5.82. The van der Waals surface area contributed by atoms with Crippen molar-refractivity contribution >= 4 is 5.91 Å². The van der Waals surface area contributed by atoms with E-state index in [9.17, 15) is 4.79 Å². The fourth-order valence-corrected chi connectivity index (χ4v) is 4.76. The SMILES string of the molecule is CCC1CCCCC1NC(=O)CC1CC2CCC(C1)N2. The largest absolute Gasteiger partial charge is 0.353 e. The summed E-state index contributed by atoms with van der Waals surface area (Å²) < 4.78 is 0. The van der Waals surface area contributed by atoms with Gasteiger partial charge < -0.3 is 10.6 Å². The molecule has 1 aliphatic carbocycles. The second-order valence-corrected chi connectivity index (χ2v) is 7.31. The van der Waals surface area contributed by atoms with Crippen molar-refractivity contribution in [2.45, 2.75) is 89.3 Å². The first-order chi connectivity index (χ1) is 9.74. The van der Waals surface area contributed by atoms with Crippen LogP contribution in [0.1, 0.15) is 71.1 Å². The Morgan fingerprint density at radius 2 is 1.80 bits per heavy atom. The summed E-state index contributed by atoms with van der Waals surface area (Å²) in [6, 6.07) is 1.86. The molecule has 114 valence electrons. The molecular weight excluding hydrogens is 248 g/mol. The van der Waals surface area contributed by atoms with Crippen LogP contribution in [0.4, 0.5) is 0 Å².